The molecule has 1 N–H and O–H groups in total. The topological polar surface area (TPSA) is 82.1 Å². The number of carboxylic acids is 1. The Morgan fingerprint density at radius 1 is 1.30 bits per heavy atom. The number of rotatable bonds is 6. The van der Waals surface area contributed by atoms with E-state index in [1.807, 2.05) is 0 Å². The number of benzene rings is 2. The minimum atomic E-state index is -4.74. The molecule has 10 heteroatoms. The van der Waals surface area contributed by atoms with Crippen LogP contribution in [-0.4, -0.2) is 30.6 Å². The van der Waals surface area contributed by atoms with Gasteiger partial charge in [-0.3, -0.25) is 9.59 Å². The number of carboxylic acid groups (broad SMARTS) is 1. The second-order valence-electron chi connectivity index (χ2n) is 6.43. The zero-order chi connectivity index (χ0) is 22.1. The molecule has 0 amide bonds. The van der Waals surface area contributed by atoms with Crippen LogP contribution in [0, 0.1) is 0 Å². The number of hydrogen-bond acceptors (Lipinski definition) is 5. The lowest BCUT2D eigenvalue weighted by atomic mass is 9.94. The monoisotopic (exact) mass is 444 g/mol. The van der Waals surface area contributed by atoms with Gasteiger partial charge >= 0.3 is 12.1 Å². The summed E-state index contributed by atoms with van der Waals surface area (Å²) in [6.45, 7) is -0.371. The largest absolute Gasteiger partial charge is 0.496 e. The van der Waals surface area contributed by atoms with Crippen molar-refractivity contribution in [3.63, 3.8) is 0 Å². The summed E-state index contributed by atoms with van der Waals surface area (Å²) in [5.41, 5.74) is -0.713. The average Bonchev–Trinajstić information content (AvgIpc) is 2.67. The van der Waals surface area contributed by atoms with E-state index in [2.05, 4.69) is 0 Å². The predicted octanol–water partition coefficient (Wildman–Crippen LogP) is 4.93. The molecule has 3 rings (SSSR count). The lowest BCUT2D eigenvalue weighted by molar-refractivity contribution is -0.139. The van der Waals surface area contributed by atoms with E-state index in [1.54, 1.807) is 6.07 Å². The molecule has 1 atom stereocenters. The van der Waals surface area contributed by atoms with Crippen molar-refractivity contribution in [2.24, 2.45) is 0 Å². The molecule has 6 nitrogen and oxygen atoms in total. The van der Waals surface area contributed by atoms with Crippen LogP contribution in [0.2, 0.25) is 5.02 Å². The van der Waals surface area contributed by atoms with Crippen LogP contribution >= 0.6 is 11.6 Å². The van der Waals surface area contributed by atoms with Gasteiger partial charge in [0.2, 0.25) is 0 Å². The van der Waals surface area contributed by atoms with E-state index < -0.39 is 36.0 Å². The molecule has 1 unspecified atom stereocenters. The van der Waals surface area contributed by atoms with Gasteiger partial charge in [-0.1, -0.05) is 17.7 Å². The molecule has 30 heavy (non-hydrogen) atoms. The van der Waals surface area contributed by atoms with Gasteiger partial charge in [0.25, 0.3) is 0 Å². The lowest BCUT2D eigenvalue weighted by Crippen LogP contribution is -2.22. The molecule has 160 valence electrons. The fourth-order valence-electron chi connectivity index (χ4n) is 3.07. The quantitative estimate of drug-likeness (QED) is 0.680. The molecule has 0 saturated heterocycles. The lowest BCUT2D eigenvalue weighted by Gasteiger charge is -2.28. The number of ketones is 1. The van der Waals surface area contributed by atoms with Gasteiger partial charge in [0.15, 0.2) is 5.78 Å². The molecule has 2 aromatic rings. The van der Waals surface area contributed by atoms with Crippen LogP contribution in [0.25, 0.3) is 0 Å². The van der Waals surface area contributed by atoms with E-state index in [9.17, 15) is 22.8 Å². The highest BCUT2D eigenvalue weighted by Gasteiger charge is 2.38. The molecule has 0 spiro atoms. The summed E-state index contributed by atoms with van der Waals surface area (Å²) in [5.74, 6) is -2.09. The summed E-state index contributed by atoms with van der Waals surface area (Å²) >= 11 is 6.11. The smallest absolute Gasteiger partial charge is 0.420 e. The molecule has 1 aliphatic rings. The summed E-state index contributed by atoms with van der Waals surface area (Å²) in [4.78, 5) is 23.3. The third-order valence-electron chi connectivity index (χ3n) is 4.46. The average molecular weight is 445 g/mol. The van der Waals surface area contributed by atoms with Gasteiger partial charge < -0.3 is 19.3 Å². The molecule has 0 radical (unpaired) electrons. The number of hydrogen-bond donors (Lipinski definition) is 1. The fourth-order valence-corrected chi connectivity index (χ4v) is 3.29. The number of para-hydroxylation sites is 1. The molecular formula is C20H16ClF3O6. The molecule has 0 bridgehead atoms. The Hall–Kier alpha value is -2.94. The van der Waals surface area contributed by atoms with Crippen molar-refractivity contribution in [2.45, 2.75) is 25.1 Å². The molecule has 2 aromatic carbocycles. The minimum Gasteiger partial charge on any atom is -0.496 e. The molecule has 0 saturated carbocycles. The second kappa shape index (κ2) is 8.43. The van der Waals surface area contributed by atoms with Gasteiger partial charge in [0.1, 0.15) is 28.9 Å². The number of carbonyl (C=O) groups is 2. The zero-order valence-electron chi connectivity index (χ0n) is 15.6. The van der Waals surface area contributed by atoms with Gasteiger partial charge in [0, 0.05) is 5.56 Å². The van der Waals surface area contributed by atoms with Crippen LogP contribution in [0.1, 0.15) is 40.4 Å². The highest BCUT2D eigenvalue weighted by molar-refractivity contribution is 6.32. The predicted molar refractivity (Wildman–Crippen MR) is 99.5 cm³/mol. The van der Waals surface area contributed by atoms with Crippen LogP contribution < -0.4 is 14.2 Å². The maximum atomic E-state index is 13.4. The molecular weight excluding hydrogens is 429 g/mol. The van der Waals surface area contributed by atoms with Crippen molar-refractivity contribution in [1.29, 1.82) is 0 Å². The Balaban J connectivity index is 2.07. The van der Waals surface area contributed by atoms with E-state index in [4.69, 9.17) is 30.9 Å². The third-order valence-corrected chi connectivity index (χ3v) is 4.75. The summed E-state index contributed by atoms with van der Waals surface area (Å²) in [6.07, 6.45) is -6.34. The highest BCUT2D eigenvalue weighted by Crippen LogP contribution is 2.46. The standard InChI is InChI=1S/C20H16ClF3O6/c1-28-17-7-11(15(29-6-5-18(26)27)8-12(17)20(22,23)24)16-9-14(25)10-3-2-4-13(21)19(10)30-16/h2-4,7-8,16H,5-6,9H2,1H3,(H,26,27). The van der Waals surface area contributed by atoms with E-state index >= 15 is 0 Å². The Kier molecular flexibility index (Phi) is 6.12. The number of Topliss-reactive ketones (excluding diaryl/α,β-unsaturated/α-hetero) is 1. The summed E-state index contributed by atoms with van der Waals surface area (Å²) in [5, 5.41) is 8.96. The van der Waals surface area contributed by atoms with Crippen molar-refractivity contribution >= 4 is 23.4 Å². The van der Waals surface area contributed by atoms with E-state index in [-0.39, 0.29) is 46.5 Å². The number of fused-ring (bicyclic) bond motifs is 1. The van der Waals surface area contributed by atoms with Crippen molar-refractivity contribution in [2.75, 3.05) is 13.7 Å². The summed E-state index contributed by atoms with van der Waals surface area (Å²) in [7, 11) is 1.08. The normalized spacial score (nSPS) is 15.9. The van der Waals surface area contributed by atoms with Crippen molar-refractivity contribution in [1.82, 2.24) is 0 Å². The zero-order valence-corrected chi connectivity index (χ0v) is 16.3. The Labute approximate surface area is 174 Å². The van der Waals surface area contributed by atoms with Gasteiger partial charge in [-0.05, 0) is 24.3 Å². The summed E-state index contributed by atoms with van der Waals surface area (Å²) in [6, 6.07) is 6.44. The molecule has 1 heterocycles. The number of aliphatic carboxylic acids is 1. The van der Waals surface area contributed by atoms with E-state index in [0.717, 1.165) is 13.2 Å². The first kappa shape index (κ1) is 21.8. The number of ether oxygens (including phenoxy) is 3. The number of carbonyl (C=O) groups excluding carboxylic acids is 1. The first-order valence-corrected chi connectivity index (χ1v) is 9.11. The summed E-state index contributed by atoms with van der Waals surface area (Å²) < 4.78 is 56.3. The maximum absolute atomic E-state index is 13.4. The Morgan fingerprint density at radius 2 is 2.03 bits per heavy atom. The molecule has 0 aliphatic carbocycles. The molecule has 1 aliphatic heterocycles. The Morgan fingerprint density at radius 3 is 2.67 bits per heavy atom. The highest BCUT2D eigenvalue weighted by atomic mass is 35.5. The third kappa shape index (κ3) is 4.46. The van der Waals surface area contributed by atoms with E-state index in [1.165, 1.54) is 12.1 Å². The SMILES string of the molecule is COc1cc(C2CC(=O)c3cccc(Cl)c3O2)c(OCCC(=O)O)cc1C(F)(F)F. The van der Waals surface area contributed by atoms with Gasteiger partial charge in [-0.15, -0.1) is 0 Å². The number of methoxy groups -OCH3 is 1. The molecule has 0 aromatic heterocycles. The van der Waals surface area contributed by atoms with Crippen molar-refractivity contribution in [3.05, 3.63) is 52.0 Å². The van der Waals surface area contributed by atoms with Crippen LogP contribution in [-0.2, 0) is 11.0 Å². The van der Waals surface area contributed by atoms with Crippen LogP contribution in [0.3, 0.4) is 0 Å². The van der Waals surface area contributed by atoms with E-state index in [0.29, 0.717) is 6.07 Å². The number of alkyl halides is 3. The van der Waals surface area contributed by atoms with Crippen LogP contribution in [0.15, 0.2) is 30.3 Å². The van der Waals surface area contributed by atoms with Crippen LogP contribution in [0.4, 0.5) is 13.2 Å². The van der Waals surface area contributed by atoms with Gasteiger partial charge in [-0.25, -0.2) is 0 Å². The van der Waals surface area contributed by atoms with Gasteiger partial charge in [0.05, 0.1) is 37.1 Å². The fraction of sp³-hybridized carbons (Fsp3) is 0.300. The van der Waals surface area contributed by atoms with Gasteiger partial charge in [-0.2, -0.15) is 13.2 Å². The second-order valence-corrected chi connectivity index (χ2v) is 6.84. The maximum Gasteiger partial charge on any atom is 0.420 e. The Bertz CT molecular complexity index is 989. The first-order valence-electron chi connectivity index (χ1n) is 8.74. The van der Waals surface area contributed by atoms with Crippen molar-refractivity contribution < 1.29 is 42.1 Å². The minimum absolute atomic E-state index is 0.115. The number of halogens is 4. The van der Waals surface area contributed by atoms with Crippen molar-refractivity contribution in [3.8, 4) is 17.2 Å². The molecule has 0 fully saturated rings. The first-order chi connectivity index (χ1) is 14.1. The van der Waals surface area contributed by atoms with Crippen LogP contribution in [0.5, 0.6) is 17.2 Å².